The monoisotopic (exact) mass is 533 g/mol. The number of methoxy groups -OCH3 is 1. The van der Waals surface area contributed by atoms with E-state index in [1.165, 1.54) is 25.3 Å². The normalized spacial score (nSPS) is 13.8. The summed E-state index contributed by atoms with van der Waals surface area (Å²) in [5.41, 5.74) is 0.781. The van der Waals surface area contributed by atoms with Crippen LogP contribution in [-0.4, -0.2) is 34.5 Å². The van der Waals surface area contributed by atoms with Crippen LogP contribution in [0.2, 0.25) is 0 Å². The van der Waals surface area contributed by atoms with Gasteiger partial charge in [-0.25, -0.2) is 13.2 Å². The van der Waals surface area contributed by atoms with Crippen LogP contribution in [0, 0.1) is 0 Å². The van der Waals surface area contributed by atoms with Crippen molar-refractivity contribution in [3.8, 4) is 5.75 Å². The molecule has 1 fully saturated rings. The molecule has 5 rings (SSSR count). The van der Waals surface area contributed by atoms with Crippen LogP contribution in [0.15, 0.2) is 86.9 Å². The minimum absolute atomic E-state index is 0.0325. The highest BCUT2D eigenvalue weighted by atomic mass is 32.2. The van der Waals surface area contributed by atoms with Gasteiger partial charge in [-0.2, -0.15) is 0 Å². The Hall–Kier alpha value is -4.31. The number of ether oxygens (including phenoxy) is 1. The smallest absolute Gasteiger partial charge is 0.349 e. The molecule has 3 aromatic carbocycles. The van der Waals surface area contributed by atoms with Crippen LogP contribution in [0.5, 0.6) is 5.75 Å². The Morgan fingerprint density at radius 1 is 0.947 bits per heavy atom. The van der Waals surface area contributed by atoms with Crippen molar-refractivity contribution in [1.82, 2.24) is 0 Å². The molecule has 4 aromatic rings. The van der Waals surface area contributed by atoms with Crippen molar-refractivity contribution in [2.45, 2.75) is 24.2 Å². The third-order valence-corrected chi connectivity index (χ3v) is 7.83. The minimum atomic E-state index is -3.98. The molecular formula is C28H27N3O6S. The van der Waals surface area contributed by atoms with Crippen LogP contribution in [-0.2, 0) is 10.0 Å². The number of amides is 1. The highest BCUT2D eigenvalue weighted by Crippen LogP contribution is 2.32. The second-order valence-corrected chi connectivity index (χ2v) is 10.7. The molecule has 1 aliphatic heterocycles. The first kappa shape index (κ1) is 25.3. The van der Waals surface area contributed by atoms with Crippen molar-refractivity contribution in [3.05, 3.63) is 88.8 Å². The molecule has 0 radical (unpaired) electrons. The summed E-state index contributed by atoms with van der Waals surface area (Å²) in [7, 11) is -2.45. The summed E-state index contributed by atoms with van der Waals surface area (Å²) in [6.45, 7) is 1.55. The summed E-state index contributed by atoms with van der Waals surface area (Å²) in [4.78, 5) is 27.9. The molecule has 1 aliphatic rings. The van der Waals surface area contributed by atoms with Crippen molar-refractivity contribution >= 4 is 44.0 Å². The molecule has 1 aromatic heterocycles. The molecule has 0 atom stereocenters. The molecule has 0 unspecified atom stereocenters. The number of hydrogen-bond donors (Lipinski definition) is 2. The lowest BCUT2D eigenvalue weighted by atomic mass is 10.1. The topological polar surface area (TPSA) is 118 Å². The first-order valence-corrected chi connectivity index (χ1v) is 13.7. The van der Waals surface area contributed by atoms with Gasteiger partial charge in [0.2, 0.25) is 0 Å². The lowest BCUT2D eigenvalue weighted by Crippen LogP contribution is -2.31. The van der Waals surface area contributed by atoms with Gasteiger partial charge < -0.3 is 19.4 Å². The van der Waals surface area contributed by atoms with Crippen LogP contribution < -0.4 is 25.3 Å². The van der Waals surface area contributed by atoms with Crippen LogP contribution in [0.3, 0.4) is 0 Å². The molecule has 2 heterocycles. The number of rotatable bonds is 7. The van der Waals surface area contributed by atoms with Crippen LogP contribution in [0.1, 0.15) is 29.6 Å². The van der Waals surface area contributed by atoms with Gasteiger partial charge in [0.1, 0.15) is 16.9 Å². The van der Waals surface area contributed by atoms with Crippen LogP contribution in [0.25, 0.3) is 11.0 Å². The number of piperidine rings is 1. The number of fused-ring (bicyclic) bond motifs is 1. The number of carbonyl (C=O) groups excluding carboxylic acids is 1. The van der Waals surface area contributed by atoms with Crippen molar-refractivity contribution in [2.75, 3.05) is 35.1 Å². The molecule has 196 valence electrons. The number of anilines is 3. The summed E-state index contributed by atoms with van der Waals surface area (Å²) in [6.07, 6.45) is 3.08. The second kappa shape index (κ2) is 10.6. The zero-order chi connectivity index (χ0) is 26.7. The predicted molar refractivity (Wildman–Crippen MR) is 147 cm³/mol. The lowest BCUT2D eigenvalue weighted by molar-refractivity contribution is 0.102. The van der Waals surface area contributed by atoms with Gasteiger partial charge in [-0.3, -0.25) is 9.52 Å². The summed E-state index contributed by atoms with van der Waals surface area (Å²) in [6, 6.07) is 19.5. The van der Waals surface area contributed by atoms with Gasteiger partial charge in [-0.15, -0.1) is 0 Å². The van der Waals surface area contributed by atoms with Gasteiger partial charge in [-0.1, -0.05) is 18.2 Å². The average molecular weight is 534 g/mol. The number of benzene rings is 3. The maximum Gasteiger partial charge on any atom is 0.349 e. The molecule has 38 heavy (non-hydrogen) atoms. The molecule has 0 spiro atoms. The van der Waals surface area contributed by atoms with Gasteiger partial charge in [0.15, 0.2) is 0 Å². The fourth-order valence-corrected chi connectivity index (χ4v) is 5.56. The zero-order valence-electron chi connectivity index (χ0n) is 20.8. The molecule has 2 N–H and O–H groups in total. The highest BCUT2D eigenvalue weighted by molar-refractivity contribution is 7.92. The van der Waals surface area contributed by atoms with Crippen LogP contribution >= 0.6 is 0 Å². The molecular weight excluding hydrogens is 506 g/mol. The van der Waals surface area contributed by atoms with Gasteiger partial charge in [0.05, 0.1) is 23.4 Å². The van der Waals surface area contributed by atoms with Crippen molar-refractivity contribution in [2.24, 2.45) is 0 Å². The fraction of sp³-hybridized carbons (Fsp3) is 0.214. The maximum absolute atomic E-state index is 13.3. The SMILES string of the molecule is COc1ccc(NS(=O)(=O)c2ccc(N3CCCCC3)c(NC(=O)c3cc4ccccc4oc3=O)c2)cc1. The number of carbonyl (C=O) groups is 1. The molecule has 0 bridgehead atoms. The van der Waals surface area contributed by atoms with Crippen molar-refractivity contribution in [3.63, 3.8) is 0 Å². The number of nitrogens with zero attached hydrogens (tertiary/aromatic N) is 1. The van der Waals surface area contributed by atoms with E-state index in [-0.39, 0.29) is 10.5 Å². The van der Waals surface area contributed by atoms with E-state index in [1.807, 2.05) is 0 Å². The predicted octanol–water partition coefficient (Wildman–Crippen LogP) is 4.85. The van der Waals surface area contributed by atoms with E-state index in [9.17, 15) is 18.0 Å². The third kappa shape index (κ3) is 5.35. The Kier molecular flexibility index (Phi) is 7.06. The third-order valence-electron chi connectivity index (χ3n) is 6.45. The molecule has 0 aliphatic carbocycles. The highest BCUT2D eigenvalue weighted by Gasteiger charge is 2.23. The number of hydrogen-bond acceptors (Lipinski definition) is 7. The summed E-state index contributed by atoms with van der Waals surface area (Å²) >= 11 is 0. The Labute approximate surface area is 220 Å². The Morgan fingerprint density at radius 3 is 2.42 bits per heavy atom. The fourth-order valence-electron chi connectivity index (χ4n) is 4.48. The van der Waals surface area contributed by atoms with Crippen molar-refractivity contribution in [1.29, 1.82) is 0 Å². The molecule has 1 amide bonds. The van der Waals surface area contributed by atoms with E-state index in [2.05, 4.69) is 14.9 Å². The van der Waals surface area contributed by atoms with Crippen molar-refractivity contribution < 1.29 is 22.4 Å². The zero-order valence-corrected chi connectivity index (χ0v) is 21.6. The summed E-state index contributed by atoms with van der Waals surface area (Å²) in [5, 5.41) is 3.38. The molecule has 10 heteroatoms. The lowest BCUT2D eigenvalue weighted by Gasteiger charge is -2.30. The van der Waals surface area contributed by atoms with E-state index in [4.69, 9.17) is 9.15 Å². The van der Waals surface area contributed by atoms with E-state index in [1.54, 1.807) is 54.6 Å². The number of sulfonamides is 1. The van der Waals surface area contributed by atoms with Gasteiger partial charge in [-0.05, 0) is 73.9 Å². The summed E-state index contributed by atoms with van der Waals surface area (Å²) < 4.78 is 39.4. The average Bonchev–Trinajstić information content (AvgIpc) is 2.93. The second-order valence-electron chi connectivity index (χ2n) is 9.00. The molecule has 9 nitrogen and oxygen atoms in total. The number of nitrogens with one attached hydrogen (secondary N) is 2. The maximum atomic E-state index is 13.3. The van der Waals surface area contributed by atoms with Gasteiger partial charge >= 0.3 is 5.63 Å². The summed E-state index contributed by atoms with van der Waals surface area (Å²) in [5.74, 6) is -0.0811. The van der Waals surface area contributed by atoms with Gasteiger partial charge in [0.25, 0.3) is 15.9 Å². The minimum Gasteiger partial charge on any atom is -0.497 e. The number of para-hydroxylation sites is 1. The standard InChI is InChI=1S/C28H27N3O6S/c1-36-21-11-9-20(10-12-21)30-38(34,35)22-13-14-25(31-15-5-2-6-16-31)24(18-22)29-27(32)23-17-19-7-3-4-8-26(19)37-28(23)33/h3-4,7-14,17-18,30H,2,5-6,15-16H2,1H3,(H,29,32). The quantitative estimate of drug-likeness (QED) is 0.326. The van der Waals surface area contributed by atoms with E-state index in [0.717, 1.165) is 32.4 Å². The Morgan fingerprint density at radius 2 is 1.68 bits per heavy atom. The largest absolute Gasteiger partial charge is 0.497 e. The van der Waals surface area contributed by atoms with Gasteiger partial charge in [0, 0.05) is 24.2 Å². The Balaban J connectivity index is 1.49. The first-order valence-electron chi connectivity index (χ1n) is 12.2. The van der Waals surface area contributed by atoms with E-state index < -0.39 is 21.6 Å². The molecule has 0 saturated carbocycles. The van der Waals surface area contributed by atoms with Crippen LogP contribution in [0.4, 0.5) is 17.1 Å². The van der Waals surface area contributed by atoms with E-state index >= 15 is 0 Å². The van der Waals surface area contributed by atoms with E-state index in [0.29, 0.717) is 33.8 Å². The molecule has 1 saturated heterocycles. The Bertz CT molecular complexity index is 1640. The first-order chi connectivity index (χ1) is 18.3.